The molecular weight excluding hydrogens is 303 g/mol. The van der Waals surface area contributed by atoms with Gasteiger partial charge in [0.1, 0.15) is 11.9 Å². The highest BCUT2D eigenvalue weighted by atomic mass is 32.2. The van der Waals surface area contributed by atoms with Crippen molar-refractivity contribution >= 4 is 21.9 Å². The van der Waals surface area contributed by atoms with Crippen molar-refractivity contribution in [1.29, 1.82) is 0 Å². The van der Waals surface area contributed by atoms with Crippen molar-refractivity contribution in [2.75, 3.05) is 0 Å². The van der Waals surface area contributed by atoms with Crippen LogP contribution >= 0.6 is 0 Å². The minimum atomic E-state index is -4.23. The molecule has 0 radical (unpaired) electrons. The Morgan fingerprint density at radius 1 is 1.43 bits per heavy atom. The summed E-state index contributed by atoms with van der Waals surface area (Å²) < 4.78 is 39.3. The smallest absolute Gasteiger partial charge is 0.321 e. The fraction of sp³-hybridized carbons (Fsp3) is 0.333. The summed E-state index contributed by atoms with van der Waals surface area (Å²) in [4.78, 5) is 21.3. The number of hydrogen-bond donors (Lipinski definition) is 3. The van der Waals surface area contributed by atoms with Gasteiger partial charge in [-0.1, -0.05) is 6.07 Å². The molecule has 0 bridgehead atoms. The number of benzene rings is 1. The standard InChI is InChI=1S/C12H15FN2O5S/c1-7-2-3-8(13)6-10(7)21(19,20)15-9(12(17)18)4-5-11(14)16/h2-3,6,9,15H,4-5H2,1H3,(H2,14,16)(H,17,18). The van der Waals surface area contributed by atoms with Crippen molar-refractivity contribution in [3.63, 3.8) is 0 Å². The second kappa shape index (κ2) is 6.64. The van der Waals surface area contributed by atoms with Gasteiger partial charge in [0.15, 0.2) is 0 Å². The molecule has 21 heavy (non-hydrogen) atoms. The highest BCUT2D eigenvalue weighted by molar-refractivity contribution is 7.89. The predicted octanol–water partition coefficient (Wildman–Crippen LogP) is 0.131. The van der Waals surface area contributed by atoms with Crippen LogP contribution < -0.4 is 10.5 Å². The molecule has 9 heteroatoms. The Morgan fingerprint density at radius 2 is 2.05 bits per heavy atom. The molecule has 0 spiro atoms. The van der Waals surface area contributed by atoms with Gasteiger partial charge in [0.25, 0.3) is 0 Å². The first kappa shape index (κ1) is 17.1. The number of nitrogens with one attached hydrogen (secondary N) is 1. The number of carboxylic acid groups (broad SMARTS) is 1. The monoisotopic (exact) mass is 318 g/mol. The average Bonchev–Trinajstić information content (AvgIpc) is 2.36. The second-order valence-corrected chi connectivity index (χ2v) is 6.11. The van der Waals surface area contributed by atoms with Gasteiger partial charge in [-0.05, 0) is 31.0 Å². The van der Waals surface area contributed by atoms with Crippen molar-refractivity contribution in [2.24, 2.45) is 5.73 Å². The third-order valence-electron chi connectivity index (χ3n) is 2.71. The molecule has 0 aliphatic rings. The molecule has 0 heterocycles. The van der Waals surface area contributed by atoms with E-state index in [2.05, 4.69) is 0 Å². The minimum Gasteiger partial charge on any atom is -0.480 e. The first-order chi connectivity index (χ1) is 9.63. The van der Waals surface area contributed by atoms with Gasteiger partial charge in [0, 0.05) is 6.42 Å². The van der Waals surface area contributed by atoms with E-state index < -0.39 is 33.8 Å². The van der Waals surface area contributed by atoms with Crippen LogP contribution in [0.4, 0.5) is 4.39 Å². The van der Waals surface area contributed by atoms with Gasteiger partial charge in [-0.25, -0.2) is 12.8 Å². The van der Waals surface area contributed by atoms with Crippen molar-refractivity contribution in [2.45, 2.75) is 30.7 Å². The Morgan fingerprint density at radius 3 is 2.57 bits per heavy atom. The number of amides is 1. The third kappa shape index (κ3) is 4.80. The van der Waals surface area contributed by atoms with Crippen LogP contribution in [0.3, 0.4) is 0 Å². The lowest BCUT2D eigenvalue weighted by atomic mass is 10.2. The van der Waals surface area contributed by atoms with Crippen LogP contribution in [0, 0.1) is 12.7 Å². The Hall–Kier alpha value is -2.00. The van der Waals surface area contributed by atoms with Crippen molar-refractivity contribution in [1.82, 2.24) is 4.72 Å². The molecule has 0 aromatic heterocycles. The Labute approximate surface area is 121 Å². The van der Waals surface area contributed by atoms with Gasteiger partial charge in [-0.3, -0.25) is 9.59 Å². The zero-order valence-corrected chi connectivity index (χ0v) is 12.0. The number of aryl methyl sites for hydroxylation is 1. The quantitative estimate of drug-likeness (QED) is 0.658. The largest absolute Gasteiger partial charge is 0.480 e. The number of nitrogens with two attached hydrogens (primary N) is 1. The van der Waals surface area contributed by atoms with E-state index in [0.717, 1.165) is 12.1 Å². The summed E-state index contributed by atoms with van der Waals surface area (Å²) in [5.74, 6) is -2.96. The lowest BCUT2D eigenvalue weighted by Crippen LogP contribution is -2.41. The summed E-state index contributed by atoms with van der Waals surface area (Å²) in [5.41, 5.74) is 5.17. The van der Waals surface area contributed by atoms with Crippen LogP contribution in [0.1, 0.15) is 18.4 Å². The molecule has 0 saturated carbocycles. The van der Waals surface area contributed by atoms with Gasteiger partial charge in [0.2, 0.25) is 15.9 Å². The molecule has 1 unspecified atom stereocenters. The van der Waals surface area contributed by atoms with Gasteiger partial charge in [-0.15, -0.1) is 0 Å². The number of aliphatic carboxylic acids is 1. The zero-order chi connectivity index (χ0) is 16.2. The van der Waals surface area contributed by atoms with E-state index in [1.807, 2.05) is 4.72 Å². The maximum absolute atomic E-state index is 13.2. The summed E-state index contributed by atoms with van der Waals surface area (Å²) in [6.45, 7) is 1.45. The molecule has 7 nitrogen and oxygen atoms in total. The van der Waals surface area contributed by atoms with E-state index in [1.54, 1.807) is 0 Å². The van der Waals surface area contributed by atoms with E-state index in [9.17, 15) is 22.4 Å². The van der Waals surface area contributed by atoms with Crippen LogP contribution in [0.2, 0.25) is 0 Å². The number of carboxylic acids is 1. The number of rotatable bonds is 7. The Balaban J connectivity index is 3.03. The van der Waals surface area contributed by atoms with E-state index in [-0.39, 0.29) is 23.3 Å². The minimum absolute atomic E-state index is 0.267. The molecule has 1 atom stereocenters. The normalized spacial score (nSPS) is 12.9. The molecule has 0 fully saturated rings. The first-order valence-corrected chi connectivity index (χ1v) is 7.41. The molecule has 4 N–H and O–H groups in total. The number of carbonyl (C=O) groups is 2. The predicted molar refractivity (Wildman–Crippen MR) is 71.3 cm³/mol. The van der Waals surface area contributed by atoms with E-state index in [1.165, 1.54) is 13.0 Å². The molecule has 1 rings (SSSR count). The summed E-state index contributed by atoms with van der Waals surface area (Å²) in [6.07, 6.45) is -0.583. The topological polar surface area (TPSA) is 127 Å². The van der Waals surface area contributed by atoms with Crippen LogP contribution in [0.15, 0.2) is 23.1 Å². The lowest BCUT2D eigenvalue weighted by Gasteiger charge is -2.15. The van der Waals surface area contributed by atoms with Crippen molar-refractivity contribution in [3.8, 4) is 0 Å². The fourth-order valence-corrected chi connectivity index (χ4v) is 3.11. The maximum atomic E-state index is 13.2. The van der Waals surface area contributed by atoms with Crippen molar-refractivity contribution < 1.29 is 27.5 Å². The van der Waals surface area contributed by atoms with Gasteiger partial charge >= 0.3 is 5.97 Å². The number of carbonyl (C=O) groups excluding carboxylic acids is 1. The third-order valence-corrected chi connectivity index (χ3v) is 4.33. The average molecular weight is 318 g/mol. The van der Waals surface area contributed by atoms with Gasteiger partial charge < -0.3 is 10.8 Å². The van der Waals surface area contributed by atoms with Gasteiger partial charge in [0.05, 0.1) is 4.90 Å². The number of sulfonamides is 1. The van der Waals surface area contributed by atoms with E-state index >= 15 is 0 Å². The van der Waals surface area contributed by atoms with Crippen LogP contribution in [-0.4, -0.2) is 31.4 Å². The highest BCUT2D eigenvalue weighted by Gasteiger charge is 2.27. The molecule has 1 amide bonds. The van der Waals surface area contributed by atoms with Crippen LogP contribution in [-0.2, 0) is 19.6 Å². The number of hydrogen-bond acceptors (Lipinski definition) is 4. The zero-order valence-electron chi connectivity index (χ0n) is 11.2. The number of halogens is 1. The van der Waals surface area contributed by atoms with Gasteiger partial charge in [-0.2, -0.15) is 4.72 Å². The highest BCUT2D eigenvalue weighted by Crippen LogP contribution is 2.17. The molecule has 1 aromatic carbocycles. The molecule has 1 aromatic rings. The SMILES string of the molecule is Cc1ccc(F)cc1S(=O)(=O)NC(CCC(N)=O)C(=O)O. The fourth-order valence-electron chi connectivity index (χ4n) is 1.63. The molecule has 0 aliphatic carbocycles. The van der Waals surface area contributed by atoms with Crippen molar-refractivity contribution in [3.05, 3.63) is 29.6 Å². The first-order valence-electron chi connectivity index (χ1n) is 5.93. The van der Waals surface area contributed by atoms with Crippen LogP contribution in [0.25, 0.3) is 0 Å². The molecular formula is C12H15FN2O5S. The number of primary amides is 1. The summed E-state index contributed by atoms with van der Waals surface area (Å²) in [7, 11) is -4.23. The Bertz CT molecular complexity index is 660. The summed E-state index contributed by atoms with van der Waals surface area (Å²) in [6, 6.07) is 1.63. The van der Waals surface area contributed by atoms with Crippen LogP contribution in [0.5, 0.6) is 0 Å². The second-order valence-electron chi connectivity index (χ2n) is 4.43. The molecule has 116 valence electrons. The lowest BCUT2D eigenvalue weighted by molar-refractivity contribution is -0.139. The summed E-state index contributed by atoms with van der Waals surface area (Å²) in [5, 5.41) is 8.97. The Kier molecular flexibility index (Phi) is 5.39. The molecule has 0 saturated heterocycles. The van der Waals surface area contributed by atoms with E-state index in [0.29, 0.717) is 0 Å². The molecule has 0 aliphatic heterocycles. The summed E-state index contributed by atoms with van der Waals surface area (Å²) >= 11 is 0. The maximum Gasteiger partial charge on any atom is 0.321 e. The van der Waals surface area contributed by atoms with E-state index in [4.69, 9.17) is 10.8 Å².